The summed E-state index contributed by atoms with van der Waals surface area (Å²) in [6.07, 6.45) is 0. The molecular formula is C15H17ClN2O2. The molecule has 0 aliphatic heterocycles. The van der Waals surface area contributed by atoms with Crippen molar-refractivity contribution >= 4 is 23.4 Å². The zero-order chi connectivity index (χ0) is 15.2. The monoisotopic (exact) mass is 292 g/mol. The molecule has 0 saturated heterocycles. The van der Waals surface area contributed by atoms with Crippen molar-refractivity contribution in [3.8, 4) is 11.8 Å². The second-order valence-electron chi connectivity index (χ2n) is 4.94. The minimum Gasteiger partial charge on any atom is -0.366 e. The number of benzene rings is 1. The van der Waals surface area contributed by atoms with Crippen molar-refractivity contribution < 1.29 is 9.59 Å². The molecule has 0 aliphatic carbocycles. The van der Waals surface area contributed by atoms with Crippen molar-refractivity contribution in [1.29, 1.82) is 0 Å². The molecule has 0 spiro atoms. The number of amides is 2. The van der Waals surface area contributed by atoms with Crippen molar-refractivity contribution in [3.63, 3.8) is 0 Å². The van der Waals surface area contributed by atoms with E-state index in [1.807, 2.05) is 0 Å². The lowest BCUT2D eigenvalue weighted by Gasteiger charge is -2.19. The van der Waals surface area contributed by atoms with Gasteiger partial charge in [0.2, 0.25) is 11.8 Å². The summed E-state index contributed by atoms with van der Waals surface area (Å²) >= 11 is 5.70. The van der Waals surface area contributed by atoms with Crippen LogP contribution in [0.5, 0.6) is 0 Å². The highest BCUT2D eigenvalue weighted by molar-refractivity contribution is 6.19. The molecule has 2 amide bonds. The zero-order valence-electron chi connectivity index (χ0n) is 11.5. The van der Waals surface area contributed by atoms with Gasteiger partial charge in [0.25, 0.3) is 0 Å². The molecule has 0 atom stereocenters. The van der Waals surface area contributed by atoms with Gasteiger partial charge in [0.15, 0.2) is 0 Å². The van der Waals surface area contributed by atoms with Gasteiger partial charge in [-0.3, -0.25) is 9.59 Å². The second-order valence-corrected chi connectivity index (χ2v) is 5.21. The van der Waals surface area contributed by atoms with E-state index in [2.05, 4.69) is 17.2 Å². The molecule has 1 aromatic carbocycles. The van der Waals surface area contributed by atoms with Gasteiger partial charge < -0.3 is 11.1 Å². The molecule has 1 rings (SSSR count). The Morgan fingerprint density at radius 2 is 1.90 bits per heavy atom. The van der Waals surface area contributed by atoms with Crippen LogP contribution in [0.4, 0.5) is 0 Å². The summed E-state index contributed by atoms with van der Waals surface area (Å²) in [6.45, 7) is 3.79. The van der Waals surface area contributed by atoms with Gasteiger partial charge in [0.1, 0.15) is 0 Å². The number of nitrogens with one attached hydrogen (secondary N) is 1. The fourth-order valence-electron chi connectivity index (χ4n) is 1.29. The average molecular weight is 293 g/mol. The smallest absolute Gasteiger partial charge is 0.248 e. The van der Waals surface area contributed by atoms with E-state index in [1.165, 1.54) is 0 Å². The highest BCUT2D eigenvalue weighted by atomic mass is 35.5. The third kappa shape index (κ3) is 4.60. The van der Waals surface area contributed by atoms with Gasteiger partial charge in [-0.05, 0) is 38.1 Å². The van der Waals surface area contributed by atoms with Gasteiger partial charge in [-0.1, -0.05) is 11.8 Å². The summed E-state index contributed by atoms with van der Waals surface area (Å²) < 4.78 is 0. The van der Waals surface area contributed by atoms with E-state index in [0.29, 0.717) is 5.56 Å². The molecule has 0 radical (unpaired) electrons. The van der Waals surface area contributed by atoms with Gasteiger partial charge >= 0.3 is 0 Å². The number of rotatable bonds is 4. The standard InChI is InChI=1S/C15H17ClN2O2/c1-15(2,10-16)14(20)18-9-3-4-11-5-7-12(8-6-11)13(17)19/h5-8H,9-10H2,1-2H3,(H2,17,19)(H,18,20). The molecule has 106 valence electrons. The van der Waals surface area contributed by atoms with E-state index in [0.717, 1.165) is 5.56 Å². The van der Waals surface area contributed by atoms with E-state index in [9.17, 15) is 9.59 Å². The predicted molar refractivity (Wildman–Crippen MR) is 79.3 cm³/mol. The van der Waals surface area contributed by atoms with Gasteiger partial charge in [-0.15, -0.1) is 11.6 Å². The lowest BCUT2D eigenvalue weighted by Crippen LogP contribution is -2.38. The van der Waals surface area contributed by atoms with Crippen LogP contribution < -0.4 is 11.1 Å². The third-order valence-corrected chi connectivity index (χ3v) is 3.36. The van der Waals surface area contributed by atoms with Crippen molar-refractivity contribution in [2.45, 2.75) is 13.8 Å². The Labute approximate surface area is 123 Å². The first-order valence-corrected chi connectivity index (χ1v) is 6.63. The number of nitrogens with two attached hydrogens (primary N) is 1. The number of carbonyl (C=O) groups is 2. The van der Waals surface area contributed by atoms with Crippen LogP contribution in [-0.2, 0) is 4.79 Å². The largest absolute Gasteiger partial charge is 0.366 e. The highest BCUT2D eigenvalue weighted by Crippen LogP contribution is 2.16. The van der Waals surface area contributed by atoms with Crippen LogP contribution in [0.3, 0.4) is 0 Å². The summed E-state index contributed by atoms with van der Waals surface area (Å²) in [5.41, 5.74) is 5.72. The molecule has 20 heavy (non-hydrogen) atoms. The minimum absolute atomic E-state index is 0.133. The molecule has 0 aliphatic rings. The number of carbonyl (C=O) groups excluding carboxylic acids is 2. The predicted octanol–water partition coefficient (Wildman–Crippen LogP) is 1.52. The second kappa shape index (κ2) is 6.97. The molecule has 5 heteroatoms. The summed E-state index contributed by atoms with van der Waals surface area (Å²) in [5, 5.41) is 2.70. The molecule has 0 saturated carbocycles. The topological polar surface area (TPSA) is 72.2 Å². The third-order valence-electron chi connectivity index (χ3n) is 2.69. The average Bonchev–Trinajstić information content (AvgIpc) is 2.43. The van der Waals surface area contributed by atoms with Crippen LogP contribution >= 0.6 is 11.6 Å². The van der Waals surface area contributed by atoms with Gasteiger partial charge in [0.05, 0.1) is 12.0 Å². The lowest BCUT2D eigenvalue weighted by molar-refractivity contribution is -0.128. The first-order valence-electron chi connectivity index (χ1n) is 6.10. The van der Waals surface area contributed by atoms with Crippen LogP contribution in [0.25, 0.3) is 0 Å². The maximum absolute atomic E-state index is 11.7. The fraction of sp³-hybridized carbons (Fsp3) is 0.333. The Hall–Kier alpha value is -1.99. The zero-order valence-corrected chi connectivity index (χ0v) is 12.3. The quantitative estimate of drug-likeness (QED) is 0.652. The van der Waals surface area contributed by atoms with Crippen LogP contribution in [0.2, 0.25) is 0 Å². The molecule has 0 aromatic heterocycles. The van der Waals surface area contributed by atoms with Crippen LogP contribution in [0.15, 0.2) is 24.3 Å². The number of hydrogen-bond acceptors (Lipinski definition) is 2. The minimum atomic E-state index is -0.605. The molecule has 4 nitrogen and oxygen atoms in total. The van der Waals surface area contributed by atoms with E-state index in [-0.39, 0.29) is 18.3 Å². The van der Waals surface area contributed by atoms with Gasteiger partial charge in [-0.25, -0.2) is 0 Å². The van der Waals surface area contributed by atoms with Gasteiger partial charge in [-0.2, -0.15) is 0 Å². The van der Waals surface area contributed by atoms with Crippen molar-refractivity contribution in [2.75, 3.05) is 12.4 Å². The molecule has 0 heterocycles. The van der Waals surface area contributed by atoms with Crippen LogP contribution in [-0.4, -0.2) is 24.2 Å². The summed E-state index contributed by atoms with van der Waals surface area (Å²) in [4.78, 5) is 22.6. The number of hydrogen-bond donors (Lipinski definition) is 2. The van der Waals surface area contributed by atoms with Crippen molar-refractivity contribution in [1.82, 2.24) is 5.32 Å². The van der Waals surface area contributed by atoms with Crippen molar-refractivity contribution in [2.24, 2.45) is 11.1 Å². The molecule has 0 fully saturated rings. The van der Waals surface area contributed by atoms with Gasteiger partial charge in [0, 0.05) is 17.0 Å². The molecule has 3 N–H and O–H groups in total. The number of halogens is 1. The van der Waals surface area contributed by atoms with E-state index in [1.54, 1.807) is 38.1 Å². The number of alkyl halides is 1. The summed E-state index contributed by atoms with van der Waals surface area (Å²) in [7, 11) is 0. The van der Waals surface area contributed by atoms with E-state index >= 15 is 0 Å². The Morgan fingerprint density at radius 1 is 1.30 bits per heavy atom. The van der Waals surface area contributed by atoms with Crippen LogP contribution in [0, 0.1) is 17.3 Å². The summed E-state index contributed by atoms with van der Waals surface area (Å²) in [6, 6.07) is 6.64. The van der Waals surface area contributed by atoms with E-state index < -0.39 is 11.3 Å². The number of primary amides is 1. The summed E-state index contributed by atoms with van der Waals surface area (Å²) in [5.74, 6) is 5.37. The van der Waals surface area contributed by atoms with Crippen LogP contribution in [0.1, 0.15) is 29.8 Å². The first kappa shape index (κ1) is 16.1. The Bertz CT molecular complexity index is 553. The first-order chi connectivity index (χ1) is 9.36. The normalized spacial score (nSPS) is 10.3. The molecular weight excluding hydrogens is 276 g/mol. The Balaban J connectivity index is 2.55. The maximum Gasteiger partial charge on any atom is 0.248 e. The van der Waals surface area contributed by atoms with E-state index in [4.69, 9.17) is 17.3 Å². The van der Waals surface area contributed by atoms with Crippen molar-refractivity contribution in [3.05, 3.63) is 35.4 Å². The SMILES string of the molecule is CC(C)(CCl)C(=O)NCC#Cc1ccc(C(N)=O)cc1. The Kier molecular flexibility index (Phi) is 5.60. The molecule has 1 aromatic rings. The highest BCUT2D eigenvalue weighted by Gasteiger charge is 2.25. The molecule has 0 unspecified atom stereocenters. The Morgan fingerprint density at radius 3 is 2.40 bits per heavy atom. The molecule has 0 bridgehead atoms. The maximum atomic E-state index is 11.7. The lowest BCUT2D eigenvalue weighted by atomic mass is 9.95. The fourth-order valence-corrected chi connectivity index (χ4v) is 1.41.